The third-order valence-corrected chi connectivity index (χ3v) is 3.93. The molecule has 0 aromatic heterocycles. The lowest BCUT2D eigenvalue weighted by Crippen LogP contribution is -2.16. The van der Waals surface area contributed by atoms with E-state index in [2.05, 4.69) is 10.6 Å². The van der Waals surface area contributed by atoms with Crippen molar-refractivity contribution >= 4 is 11.9 Å². The summed E-state index contributed by atoms with van der Waals surface area (Å²) in [5.41, 5.74) is 1.15. The average Bonchev–Trinajstić information content (AvgIpc) is 2.77. The summed E-state index contributed by atoms with van der Waals surface area (Å²) in [6.07, 6.45) is -0.224. The first-order valence-corrected chi connectivity index (χ1v) is 9.75. The molecule has 188 valence electrons. The van der Waals surface area contributed by atoms with Crippen LogP contribution < -0.4 is 10.6 Å². The van der Waals surface area contributed by atoms with Crippen LogP contribution in [0.25, 0.3) is 0 Å². The van der Waals surface area contributed by atoms with Crippen LogP contribution in [0, 0.1) is 0 Å². The van der Waals surface area contributed by atoms with Gasteiger partial charge in [-0.15, -0.1) is 0 Å². The van der Waals surface area contributed by atoms with Gasteiger partial charge < -0.3 is 51.5 Å². The third-order valence-electron chi connectivity index (χ3n) is 3.93. The van der Waals surface area contributed by atoms with Crippen molar-refractivity contribution in [3.63, 3.8) is 0 Å². The zero-order valence-electron chi connectivity index (χ0n) is 18.6. The predicted molar refractivity (Wildman–Crippen MR) is 122 cm³/mol. The monoisotopic (exact) mass is 482 g/mol. The summed E-state index contributed by atoms with van der Waals surface area (Å²) in [6, 6.07) is 8.52. The molecule has 0 unspecified atom stereocenters. The van der Waals surface area contributed by atoms with Gasteiger partial charge in [-0.25, -0.2) is 9.59 Å². The van der Waals surface area contributed by atoms with Crippen molar-refractivity contribution in [1.29, 1.82) is 0 Å². The van der Waals surface area contributed by atoms with Crippen LogP contribution in [0.4, 0.5) is 0 Å². The number of aliphatic hydroxyl groups excluding tert-OH is 2. The molecule has 0 radical (unpaired) electrons. The van der Waals surface area contributed by atoms with Crippen LogP contribution in [0.1, 0.15) is 23.3 Å². The fraction of sp³-hybridized carbons (Fsp3) is 0.273. The highest BCUT2D eigenvalue weighted by Crippen LogP contribution is 2.28. The Hall–Kier alpha value is -3.84. The van der Waals surface area contributed by atoms with Gasteiger partial charge in [0.15, 0.2) is 23.0 Å². The summed E-state index contributed by atoms with van der Waals surface area (Å²) < 4.78 is 0. The molecule has 2 atom stereocenters. The average molecular weight is 482 g/mol. The van der Waals surface area contributed by atoms with E-state index < -0.39 is 24.1 Å². The van der Waals surface area contributed by atoms with Gasteiger partial charge in [-0.3, -0.25) is 0 Å². The first-order chi connectivity index (χ1) is 15.9. The maximum Gasteiger partial charge on any atom is 0.328 e. The van der Waals surface area contributed by atoms with Gasteiger partial charge in [0, 0.05) is 25.2 Å². The summed E-state index contributed by atoms with van der Waals surface area (Å²) >= 11 is 0. The molecule has 2 rings (SSSR count). The number of hydrogen-bond acceptors (Lipinski definition) is 10. The molecule has 0 aliphatic heterocycles. The maximum absolute atomic E-state index is 9.55. The van der Waals surface area contributed by atoms with Crippen LogP contribution >= 0.6 is 0 Å². The van der Waals surface area contributed by atoms with Gasteiger partial charge in [-0.2, -0.15) is 0 Å². The SMILES string of the molecule is CNC[C@H](O)c1ccc(O)c(O)c1.CNC[C@H](O)c1ccc(O)c(O)c1.O=C(O)/C=C\C(=O)O. The molecule has 0 aliphatic carbocycles. The Balaban J connectivity index is 0.000000497. The second-order valence-corrected chi connectivity index (χ2v) is 6.65. The number of carbonyl (C=O) groups is 2. The number of benzene rings is 2. The smallest absolute Gasteiger partial charge is 0.328 e. The van der Waals surface area contributed by atoms with Crippen molar-refractivity contribution in [2.24, 2.45) is 0 Å². The van der Waals surface area contributed by atoms with Gasteiger partial charge in [0.1, 0.15) is 0 Å². The number of nitrogens with one attached hydrogen (secondary N) is 2. The topological polar surface area (TPSA) is 220 Å². The van der Waals surface area contributed by atoms with E-state index >= 15 is 0 Å². The molecular weight excluding hydrogens is 452 g/mol. The number of aliphatic carboxylic acids is 2. The van der Waals surface area contributed by atoms with E-state index in [4.69, 9.17) is 30.6 Å². The normalized spacial score (nSPS) is 12.0. The Morgan fingerprint density at radius 3 is 1.26 bits per heavy atom. The number of likely N-dealkylation sites (N-methyl/N-ethyl adjacent to an activating group) is 2. The molecule has 0 bridgehead atoms. The van der Waals surface area contributed by atoms with Crippen LogP contribution in [-0.4, -0.2) is 80.0 Å². The molecule has 10 N–H and O–H groups in total. The van der Waals surface area contributed by atoms with Crippen LogP contribution in [-0.2, 0) is 9.59 Å². The van der Waals surface area contributed by atoms with Crippen molar-refractivity contribution in [3.05, 3.63) is 59.7 Å². The number of phenols is 4. The first kappa shape index (κ1) is 30.2. The summed E-state index contributed by atoms with van der Waals surface area (Å²) in [4.78, 5) is 19.1. The fourth-order valence-corrected chi connectivity index (χ4v) is 2.26. The van der Waals surface area contributed by atoms with Crippen molar-refractivity contribution in [2.45, 2.75) is 12.2 Å². The second kappa shape index (κ2) is 15.9. The molecule has 0 spiro atoms. The Morgan fingerprint density at radius 2 is 1.03 bits per heavy atom. The van der Waals surface area contributed by atoms with Gasteiger partial charge in [-0.1, -0.05) is 12.1 Å². The molecule has 0 aliphatic rings. The van der Waals surface area contributed by atoms with Crippen molar-refractivity contribution < 1.29 is 50.4 Å². The molecule has 34 heavy (non-hydrogen) atoms. The third kappa shape index (κ3) is 12.3. The van der Waals surface area contributed by atoms with Crippen molar-refractivity contribution in [1.82, 2.24) is 10.6 Å². The number of hydrogen-bond donors (Lipinski definition) is 10. The molecule has 2 aromatic rings. The number of carboxylic acids is 2. The molecule has 12 heteroatoms. The highest BCUT2D eigenvalue weighted by atomic mass is 16.4. The van der Waals surface area contributed by atoms with Gasteiger partial charge >= 0.3 is 11.9 Å². The Labute approximate surface area is 195 Å². The Bertz CT molecular complexity index is 874. The fourth-order valence-electron chi connectivity index (χ4n) is 2.26. The van der Waals surface area contributed by atoms with E-state index in [1.807, 2.05) is 0 Å². The van der Waals surface area contributed by atoms with E-state index in [0.717, 1.165) is 0 Å². The number of aromatic hydroxyl groups is 4. The molecule has 0 fully saturated rings. The zero-order chi connectivity index (χ0) is 26.3. The summed E-state index contributed by atoms with van der Waals surface area (Å²) in [6.45, 7) is 0.814. The molecule has 12 nitrogen and oxygen atoms in total. The largest absolute Gasteiger partial charge is 0.504 e. The second-order valence-electron chi connectivity index (χ2n) is 6.65. The summed E-state index contributed by atoms with van der Waals surface area (Å²) in [7, 11) is 3.45. The molecule has 2 aromatic carbocycles. The Kier molecular flexibility index (Phi) is 14.1. The van der Waals surface area contributed by atoms with Crippen LogP contribution in [0.3, 0.4) is 0 Å². The van der Waals surface area contributed by atoms with E-state index in [9.17, 15) is 19.8 Å². The molecule has 0 heterocycles. The lowest BCUT2D eigenvalue weighted by atomic mass is 10.1. The molecule has 0 amide bonds. The van der Waals surface area contributed by atoms with Crippen LogP contribution in [0.5, 0.6) is 23.0 Å². The minimum atomic E-state index is -1.26. The lowest BCUT2D eigenvalue weighted by molar-refractivity contribution is -0.134. The highest BCUT2D eigenvalue weighted by molar-refractivity contribution is 5.89. The molecular formula is C22H30N2O10. The minimum absolute atomic E-state index is 0.180. The molecule has 0 saturated carbocycles. The standard InChI is InChI=1S/2C9H13NO3.C4H4O4/c2*1-10-5-9(13)6-2-3-7(11)8(12)4-6;5-3(6)1-2-4(7)8/h2*2-4,9-13H,5H2,1H3;1-2H,(H,5,6)(H,7,8)/b;;2-1-/t2*9-;/m00./s1. The first-order valence-electron chi connectivity index (χ1n) is 9.75. The van der Waals surface area contributed by atoms with Crippen LogP contribution in [0.15, 0.2) is 48.6 Å². The van der Waals surface area contributed by atoms with E-state index in [1.165, 1.54) is 24.3 Å². The van der Waals surface area contributed by atoms with Crippen molar-refractivity contribution in [3.8, 4) is 23.0 Å². The lowest BCUT2D eigenvalue weighted by Gasteiger charge is -2.10. The number of phenolic OH excluding ortho intramolecular Hbond substituents is 4. The van der Waals surface area contributed by atoms with Gasteiger partial charge in [0.05, 0.1) is 12.2 Å². The summed E-state index contributed by atoms with van der Waals surface area (Å²) in [5.74, 6) is -3.30. The highest BCUT2D eigenvalue weighted by Gasteiger charge is 2.09. The Morgan fingerprint density at radius 1 is 0.706 bits per heavy atom. The van der Waals surface area contributed by atoms with Crippen LogP contribution in [0.2, 0.25) is 0 Å². The van der Waals surface area contributed by atoms with Gasteiger partial charge in [0.2, 0.25) is 0 Å². The predicted octanol–water partition coefficient (Wildman–Crippen LogP) is 0.413. The van der Waals surface area contributed by atoms with E-state index in [0.29, 0.717) is 36.4 Å². The molecule has 0 saturated heterocycles. The minimum Gasteiger partial charge on any atom is -0.504 e. The number of rotatable bonds is 8. The number of aliphatic hydroxyl groups is 2. The summed E-state index contributed by atoms with van der Waals surface area (Å²) in [5, 5.41) is 76.5. The quantitative estimate of drug-likeness (QED) is 0.183. The zero-order valence-corrected chi connectivity index (χ0v) is 18.6. The maximum atomic E-state index is 9.55. The number of carboxylic acid groups (broad SMARTS) is 2. The van der Waals surface area contributed by atoms with Gasteiger partial charge in [-0.05, 0) is 49.5 Å². The van der Waals surface area contributed by atoms with Crippen molar-refractivity contribution in [2.75, 3.05) is 27.2 Å². The van der Waals surface area contributed by atoms with E-state index in [-0.39, 0.29) is 23.0 Å². The van der Waals surface area contributed by atoms with E-state index in [1.54, 1.807) is 26.2 Å². The van der Waals surface area contributed by atoms with Gasteiger partial charge in [0.25, 0.3) is 0 Å².